The van der Waals surface area contributed by atoms with Crippen LogP contribution in [0.4, 0.5) is 4.39 Å². The molecule has 0 aromatic heterocycles. The lowest BCUT2D eigenvalue weighted by Crippen LogP contribution is -2.36. The highest BCUT2D eigenvalue weighted by Gasteiger charge is 2.51. The number of esters is 1. The van der Waals surface area contributed by atoms with Crippen molar-refractivity contribution < 1.29 is 18.7 Å². The maximum atomic E-state index is 12.8. The van der Waals surface area contributed by atoms with E-state index in [2.05, 4.69) is 4.74 Å². The molecule has 1 rings (SSSR count). The second kappa shape index (κ2) is 2.95. The van der Waals surface area contributed by atoms with Gasteiger partial charge >= 0.3 is 5.97 Å². The average molecular weight is 183 g/mol. The molecule has 1 saturated heterocycles. The summed E-state index contributed by atoms with van der Waals surface area (Å²) in [5.74, 6) is -0.951. The first-order chi connectivity index (χ1) is 5.10. The van der Waals surface area contributed by atoms with Gasteiger partial charge in [-0.25, -0.2) is 9.18 Å². The predicted molar refractivity (Wildman–Crippen MR) is 36.1 cm³/mol. The first-order valence-electron chi connectivity index (χ1n) is 3.23. The van der Waals surface area contributed by atoms with Crippen LogP contribution in [0.1, 0.15) is 6.92 Å². The van der Waals surface area contributed by atoms with Crippen LogP contribution in [0, 0.1) is 0 Å². The minimum Gasteiger partial charge on any atom is -0.459 e. The molecule has 5 heteroatoms. The van der Waals surface area contributed by atoms with Gasteiger partial charge in [0.1, 0.15) is 6.61 Å². The van der Waals surface area contributed by atoms with Crippen molar-refractivity contribution in [1.29, 1.82) is 0 Å². The number of alkyl halides is 2. The summed E-state index contributed by atoms with van der Waals surface area (Å²) in [5.41, 5.74) is 0. The van der Waals surface area contributed by atoms with E-state index in [0.717, 1.165) is 0 Å². The molecule has 2 atom stereocenters. The van der Waals surface area contributed by atoms with Crippen LogP contribution in [-0.4, -0.2) is 30.4 Å². The number of carbonyl (C=O) groups excluding carboxylic acids is 1. The molecule has 0 amide bonds. The summed E-state index contributed by atoms with van der Waals surface area (Å²) in [4.78, 5) is 10.5. The number of hydrogen-bond acceptors (Lipinski definition) is 3. The molecule has 0 aromatic carbocycles. The molecule has 0 spiro atoms. The number of halogens is 2. The summed E-state index contributed by atoms with van der Waals surface area (Å²) in [6.45, 7) is 1.70. The SMILES string of the molecule is CCOC1(Cl)COC(=O)C1F. The Kier molecular flexibility index (Phi) is 2.34. The van der Waals surface area contributed by atoms with Crippen molar-refractivity contribution in [3.8, 4) is 0 Å². The first kappa shape index (κ1) is 8.74. The standard InChI is InChI=1S/C6H8ClFO3/c1-2-11-6(7)3-10-5(9)4(6)8/h4H,2-3H2,1H3. The molecule has 1 aliphatic heterocycles. The van der Waals surface area contributed by atoms with Gasteiger partial charge in [-0.2, -0.15) is 0 Å². The van der Waals surface area contributed by atoms with E-state index >= 15 is 0 Å². The lowest BCUT2D eigenvalue weighted by Gasteiger charge is -2.18. The molecule has 64 valence electrons. The van der Waals surface area contributed by atoms with E-state index in [0.29, 0.717) is 0 Å². The molecule has 0 radical (unpaired) electrons. The van der Waals surface area contributed by atoms with E-state index < -0.39 is 17.2 Å². The Morgan fingerprint density at radius 3 is 3.00 bits per heavy atom. The molecule has 0 N–H and O–H groups in total. The second-order valence-corrected chi connectivity index (χ2v) is 2.83. The Hall–Kier alpha value is -0.350. The molecule has 0 saturated carbocycles. The van der Waals surface area contributed by atoms with Gasteiger partial charge in [-0.3, -0.25) is 0 Å². The van der Waals surface area contributed by atoms with Crippen molar-refractivity contribution in [3.63, 3.8) is 0 Å². The highest BCUT2D eigenvalue weighted by atomic mass is 35.5. The number of ether oxygens (including phenoxy) is 2. The van der Waals surface area contributed by atoms with E-state index in [-0.39, 0.29) is 13.2 Å². The lowest BCUT2D eigenvalue weighted by atomic mass is 10.2. The van der Waals surface area contributed by atoms with Gasteiger partial charge in [0.2, 0.25) is 11.2 Å². The zero-order valence-electron chi connectivity index (χ0n) is 5.97. The van der Waals surface area contributed by atoms with Crippen LogP contribution in [0.3, 0.4) is 0 Å². The fourth-order valence-corrected chi connectivity index (χ4v) is 1.10. The summed E-state index contributed by atoms with van der Waals surface area (Å²) in [5, 5.41) is -1.59. The Morgan fingerprint density at radius 1 is 2.00 bits per heavy atom. The van der Waals surface area contributed by atoms with Crippen molar-refractivity contribution in [2.24, 2.45) is 0 Å². The van der Waals surface area contributed by atoms with Crippen molar-refractivity contribution in [2.45, 2.75) is 18.2 Å². The van der Waals surface area contributed by atoms with Crippen LogP contribution >= 0.6 is 11.6 Å². The van der Waals surface area contributed by atoms with E-state index in [1.807, 2.05) is 0 Å². The zero-order chi connectivity index (χ0) is 8.48. The smallest absolute Gasteiger partial charge is 0.345 e. The van der Waals surface area contributed by atoms with Gasteiger partial charge in [0.15, 0.2) is 0 Å². The van der Waals surface area contributed by atoms with Gasteiger partial charge in [0, 0.05) is 6.61 Å². The van der Waals surface area contributed by atoms with Crippen LogP contribution in [0.5, 0.6) is 0 Å². The molecular formula is C6H8ClFO3. The van der Waals surface area contributed by atoms with Gasteiger partial charge in [-0.1, -0.05) is 11.6 Å². The van der Waals surface area contributed by atoms with Gasteiger partial charge in [-0.15, -0.1) is 0 Å². The first-order valence-corrected chi connectivity index (χ1v) is 3.61. The van der Waals surface area contributed by atoms with Gasteiger partial charge in [0.05, 0.1) is 0 Å². The minimum absolute atomic E-state index is 0.220. The lowest BCUT2D eigenvalue weighted by molar-refractivity contribution is -0.142. The van der Waals surface area contributed by atoms with Crippen LogP contribution in [0.25, 0.3) is 0 Å². The monoisotopic (exact) mass is 182 g/mol. The van der Waals surface area contributed by atoms with Crippen molar-refractivity contribution in [3.05, 3.63) is 0 Å². The maximum Gasteiger partial charge on any atom is 0.345 e. The molecule has 11 heavy (non-hydrogen) atoms. The van der Waals surface area contributed by atoms with Crippen molar-refractivity contribution in [1.82, 2.24) is 0 Å². The van der Waals surface area contributed by atoms with E-state index in [1.54, 1.807) is 6.92 Å². The third kappa shape index (κ3) is 1.46. The molecule has 0 aliphatic carbocycles. The summed E-state index contributed by atoms with van der Waals surface area (Å²) >= 11 is 5.57. The van der Waals surface area contributed by atoms with Gasteiger partial charge in [0.25, 0.3) is 0 Å². The van der Waals surface area contributed by atoms with Gasteiger partial charge < -0.3 is 9.47 Å². The summed E-state index contributed by atoms with van der Waals surface area (Å²) in [6, 6.07) is 0. The minimum atomic E-state index is -1.87. The summed E-state index contributed by atoms with van der Waals surface area (Å²) < 4.78 is 22.0. The third-order valence-electron chi connectivity index (χ3n) is 1.38. The van der Waals surface area contributed by atoms with E-state index in [4.69, 9.17) is 16.3 Å². The van der Waals surface area contributed by atoms with Crippen molar-refractivity contribution >= 4 is 17.6 Å². The van der Waals surface area contributed by atoms with E-state index in [9.17, 15) is 9.18 Å². The van der Waals surface area contributed by atoms with E-state index in [1.165, 1.54) is 0 Å². The summed E-state index contributed by atoms with van der Waals surface area (Å²) in [7, 11) is 0. The van der Waals surface area contributed by atoms with Crippen LogP contribution in [0.2, 0.25) is 0 Å². The predicted octanol–water partition coefficient (Wildman–Crippen LogP) is 0.853. The molecular weight excluding hydrogens is 175 g/mol. The fourth-order valence-electron chi connectivity index (χ4n) is 0.847. The zero-order valence-corrected chi connectivity index (χ0v) is 6.73. The van der Waals surface area contributed by atoms with Crippen LogP contribution in [0.15, 0.2) is 0 Å². The van der Waals surface area contributed by atoms with Crippen molar-refractivity contribution in [2.75, 3.05) is 13.2 Å². The molecule has 3 nitrogen and oxygen atoms in total. The Morgan fingerprint density at radius 2 is 2.64 bits per heavy atom. The molecule has 1 aliphatic rings. The largest absolute Gasteiger partial charge is 0.459 e. The number of carbonyl (C=O) groups is 1. The normalized spacial score (nSPS) is 37.4. The Bertz CT molecular complexity index is 175. The second-order valence-electron chi connectivity index (χ2n) is 2.19. The summed E-state index contributed by atoms with van der Waals surface area (Å²) in [6.07, 6.45) is -1.87. The van der Waals surface area contributed by atoms with Gasteiger partial charge in [-0.05, 0) is 6.92 Å². The molecule has 2 unspecified atom stereocenters. The third-order valence-corrected chi connectivity index (χ3v) is 1.79. The Balaban J connectivity index is 2.64. The molecule has 0 aromatic rings. The number of cyclic esters (lactones) is 1. The van der Waals surface area contributed by atoms with Crippen LogP contribution < -0.4 is 0 Å². The molecule has 0 bridgehead atoms. The maximum absolute atomic E-state index is 12.8. The Labute approximate surface area is 68.4 Å². The highest BCUT2D eigenvalue weighted by molar-refractivity contribution is 6.25. The molecule has 1 heterocycles. The number of hydrogen-bond donors (Lipinski definition) is 0. The number of rotatable bonds is 2. The average Bonchev–Trinajstić information content (AvgIpc) is 2.19. The molecule has 1 fully saturated rings. The quantitative estimate of drug-likeness (QED) is 0.469. The van der Waals surface area contributed by atoms with Crippen LogP contribution in [-0.2, 0) is 14.3 Å². The topological polar surface area (TPSA) is 35.5 Å². The highest BCUT2D eigenvalue weighted by Crippen LogP contribution is 2.31. The fraction of sp³-hybridized carbons (Fsp3) is 0.833.